The van der Waals surface area contributed by atoms with Gasteiger partial charge in [0.15, 0.2) is 11.6 Å². The predicted octanol–water partition coefficient (Wildman–Crippen LogP) is 2.90. The molecule has 42 heavy (non-hydrogen) atoms. The number of aliphatic hydroxyl groups excluding tert-OH is 1. The molecule has 1 unspecified atom stereocenters. The Morgan fingerprint density at radius 1 is 0.905 bits per heavy atom. The third kappa shape index (κ3) is 5.62. The second kappa shape index (κ2) is 11.4. The number of pyridine rings is 1. The summed E-state index contributed by atoms with van der Waals surface area (Å²) in [5.41, 5.74) is 10.9. The second-order valence-electron chi connectivity index (χ2n) is 11.7. The molecule has 0 spiro atoms. The lowest BCUT2D eigenvalue weighted by molar-refractivity contribution is 0.0982. The SMILES string of the molecule is CN1CCN(C2CCN(c3ccc(Nc4nc(NC5CC5)c(-c5nccc6[nH]cnc56)nc4C(N)O)cc3)CC2)CC1. The summed E-state index contributed by atoms with van der Waals surface area (Å²) in [6.07, 6.45) is 6.54. The maximum absolute atomic E-state index is 10.5. The third-order valence-electron chi connectivity index (χ3n) is 8.70. The fraction of sp³-hybridized carbons (Fsp3) is 0.467. The number of H-pyrrole nitrogens is 1. The topological polar surface area (TPSA) is 147 Å². The molecule has 1 atom stereocenters. The molecule has 7 rings (SSSR count). The number of hydrogen-bond acceptors (Lipinski definition) is 11. The van der Waals surface area contributed by atoms with Crippen molar-refractivity contribution >= 4 is 34.0 Å². The predicted molar refractivity (Wildman–Crippen MR) is 165 cm³/mol. The van der Waals surface area contributed by atoms with E-state index < -0.39 is 6.23 Å². The summed E-state index contributed by atoms with van der Waals surface area (Å²) in [5.74, 6) is 0.999. The fourth-order valence-corrected chi connectivity index (χ4v) is 6.04. The van der Waals surface area contributed by atoms with E-state index >= 15 is 0 Å². The monoisotopic (exact) mass is 569 g/mol. The highest BCUT2D eigenvalue weighted by molar-refractivity contribution is 5.91. The Morgan fingerprint density at radius 2 is 1.67 bits per heavy atom. The number of nitrogens with zero attached hydrogens (tertiary/aromatic N) is 7. The van der Waals surface area contributed by atoms with E-state index in [1.807, 2.05) is 18.2 Å². The number of nitrogens with two attached hydrogens (primary N) is 1. The van der Waals surface area contributed by atoms with Gasteiger partial charge in [-0.1, -0.05) is 0 Å². The Kier molecular flexibility index (Phi) is 7.36. The first-order valence-corrected chi connectivity index (χ1v) is 15.0. The van der Waals surface area contributed by atoms with Crippen molar-refractivity contribution in [2.24, 2.45) is 5.73 Å². The minimum Gasteiger partial charge on any atom is -0.373 e. The van der Waals surface area contributed by atoms with Gasteiger partial charge in [-0.2, -0.15) is 0 Å². The average Bonchev–Trinajstić information content (AvgIpc) is 3.69. The number of hydrogen-bond donors (Lipinski definition) is 5. The highest BCUT2D eigenvalue weighted by atomic mass is 16.3. The van der Waals surface area contributed by atoms with Gasteiger partial charge in [-0.25, -0.2) is 15.0 Å². The summed E-state index contributed by atoms with van der Waals surface area (Å²) >= 11 is 0. The molecule has 1 aliphatic carbocycles. The molecule has 3 fully saturated rings. The minimum atomic E-state index is -1.33. The van der Waals surface area contributed by atoms with Crippen molar-refractivity contribution in [1.82, 2.24) is 34.7 Å². The van der Waals surface area contributed by atoms with Gasteiger partial charge in [0.25, 0.3) is 0 Å². The molecule has 0 radical (unpaired) electrons. The number of imidazole rings is 1. The summed E-state index contributed by atoms with van der Waals surface area (Å²) in [5, 5.41) is 17.4. The minimum absolute atomic E-state index is 0.246. The number of aromatic nitrogens is 5. The second-order valence-corrected chi connectivity index (χ2v) is 11.7. The van der Waals surface area contributed by atoms with E-state index in [9.17, 15) is 5.11 Å². The van der Waals surface area contributed by atoms with Crippen LogP contribution in [0, 0.1) is 0 Å². The van der Waals surface area contributed by atoms with Crippen LogP contribution in [0.5, 0.6) is 0 Å². The number of benzene rings is 1. The van der Waals surface area contributed by atoms with Gasteiger partial charge in [0.2, 0.25) is 0 Å². The number of aliphatic hydroxyl groups is 1. The quantitative estimate of drug-likeness (QED) is 0.200. The van der Waals surface area contributed by atoms with Gasteiger partial charge in [-0.15, -0.1) is 0 Å². The Balaban J connectivity index is 1.10. The molecule has 12 nitrogen and oxygen atoms in total. The van der Waals surface area contributed by atoms with E-state index in [2.05, 4.69) is 59.5 Å². The number of fused-ring (bicyclic) bond motifs is 1. The molecule has 3 aromatic heterocycles. The molecule has 2 aliphatic heterocycles. The van der Waals surface area contributed by atoms with Crippen molar-refractivity contribution in [3.05, 3.63) is 48.5 Å². The smallest absolute Gasteiger partial charge is 0.158 e. The number of rotatable bonds is 8. The summed E-state index contributed by atoms with van der Waals surface area (Å²) in [4.78, 5) is 29.4. The highest BCUT2D eigenvalue weighted by Gasteiger charge is 2.28. The first-order chi connectivity index (χ1) is 20.5. The number of likely N-dealkylation sites (N-methyl/N-ethyl adjacent to an activating group) is 1. The van der Waals surface area contributed by atoms with E-state index in [1.54, 1.807) is 12.5 Å². The van der Waals surface area contributed by atoms with E-state index in [1.165, 1.54) is 44.7 Å². The maximum atomic E-state index is 10.5. The van der Waals surface area contributed by atoms with Crippen LogP contribution in [0.1, 0.15) is 37.6 Å². The molecule has 5 heterocycles. The Morgan fingerprint density at radius 3 is 2.38 bits per heavy atom. The van der Waals surface area contributed by atoms with Crippen molar-refractivity contribution < 1.29 is 5.11 Å². The van der Waals surface area contributed by atoms with Crippen molar-refractivity contribution in [2.75, 3.05) is 61.8 Å². The summed E-state index contributed by atoms with van der Waals surface area (Å²) in [6, 6.07) is 11.3. The Labute approximate surface area is 245 Å². The average molecular weight is 570 g/mol. The first kappa shape index (κ1) is 27.0. The summed E-state index contributed by atoms with van der Waals surface area (Å²) in [6.45, 7) is 6.82. The molecule has 0 bridgehead atoms. The van der Waals surface area contributed by atoms with Crippen LogP contribution in [-0.2, 0) is 0 Å². The van der Waals surface area contributed by atoms with Crippen molar-refractivity contribution in [3.8, 4) is 11.4 Å². The van der Waals surface area contributed by atoms with Crippen LogP contribution in [0.4, 0.5) is 23.0 Å². The van der Waals surface area contributed by atoms with Crippen molar-refractivity contribution in [2.45, 2.75) is 44.0 Å². The Hall–Kier alpha value is -3.84. The molecule has 12 heteroatoms. The molecule has 2 saturated heterocycles. The molecule has 6 N–H and O–H groups in total. The van der Waals surface area contributed by atoms with Crippen LogP contribution in [0.3, 0.4) is 0 Å². The van der Waals surface area contributed by atoms with Crippen molar-refractivity contribution in [1.29, 1.82) is 0 Å². The van der Waals surface area contributed by atoms with Gasteiger partial charge in [-0.05, 0) is 63.1 Å². The number of piperidine rings is 1. The molecular weight excluding hydrogens is 530 g/mol. The van der Waals surface area contributed by atoms with Gasteiger partial charge in [0, 0.05) is 68.9 Å². The van der Waals surface area contributed by atoms with E-state index in [0.29, 0.717) is 40.6 Å². The molecule has 1 saturated carbocycles. The van der Waals surface area contributed by atoms with Crippen LogP contribution in [0.15, 0.2) is 42.9 Å². The van der Waals surface area contributed by atoms with Gasteiger partial charge in [-0.3, -0.25) is 9.88 Å². The lowest BCUT2D eigenvalue weighted by Gasteiger charge is -2.42. The molecule has 1 aromatic carbocycles. The number of aromatic amines is 1. The van der Waals surface area contributed by atoms with Crippen LogP contribution < -0.4 is 21.3 Å². The molecule has 220 valence electrons. The third-order valence-corrected chi connectivity index (χ3v) is 8.70. The zero-order valence-electron chi connectivity index (χ0n) is 24.0. The van der Waals surface area contributed by atoms with Crippen LogP contribution in [0.25, 0.3) is 22.4 Å². The zero-order valence-corrected chi connectivity index (χ0v) is 24.0. The van der Waals surface area contributed by atoms with Crippen LogP contribution in [0.2, 0.25) is 0 Å². The van der Waals surface area contributed by atoms with Gasteiger partial charge in [0.05, 0.1) is 11.8 Å². The van der Waals surface area contributed by atoms with Crippen LogP contribution >= 0.6 is 0 Å². The van der Waals surface area contributed by atoms with Gasteiger partial charge < -0.3 is 36.3 Å². The molecule has 4 aromatic rings. The number of nitrogens with one attached hydrogen (secondary N) is 3. The van der Waals surface area contributed by atoms with E-state index in [-0.39, 0.29) is 5.69 Å². The number of anilines is 4. The summed E-state index contributed by atoms with van der Waals surface area (Å²) in [7, 11) is 2.21. The highest BCUT2D eigenvalue weighted by Crippen LogP contribution is 2.35. The van der Waals surface area contributed by atoms with E-state index in [0.717, 1.165) is 37.1 Å². The fourth-order valence-electron chi connectivity index (χ4n) is 6.04. The normalized spacial score (nSPS) is 19.7. The first-order valence-electron chi connectivity index (χ1n) is 15.0. The zero-order chi connectivity index (χ0) is 28.6. The molecule has 3 aliphatic rings. The largest absolute Gasteiger partial charge is 0.373 e. The number of piperazine rings is 1. The Bertz CT molecular complexity index is 1520. The lowest BCUT2D eigenvalue weighted by atomic mass is 10.0. The lowest BCUT2D eigenvalue weighted by Crippen LogP contribution is -2.52. The summed E-state index contributed by atoms with van der Waals surface area (Å²) < 4.78 is 0. The van der Waals surface area contributed by atoms with E-state index in [4.69, 9.17) is 15.7 Å². The maximum Gasteiger partial charge on any atom is 0.158 e. The van der Waals surface area contributed by atoms with Crippen LogP contribution in [-0.4, -0.2) is 98.2 Å². The standard InChI is InChI=1S/C30H39N11O/c1-39-14-16-41(17-15-39)22-9-12-40(13-10-22)21-6-4-20(5-7-21)36-30-27(28(31)42)37-26(29(38-30)35-19-2-3-19)25-24-23(8-11-32-25)33-18-34-24/h4-8,11,18-19,22,28,42H,2-3,9-10,12-17,31H2,1H3,(H,33,34)(H2,35,36,38). The van der Waals surface area contributed by atoms with Crippen molar-refractivity contribution in [3.63, 3.8) is 0 Å². The molecular formula is C30H39N11O. The molecule has 0 amide bonds. The van der Waals surface area contributed by atoms with Gasteiger partial charge in [0.1, 0.15) is 28.8 Å². The van der Waals surface area contributed by atoms with Gasteiger partial charge >= 0.3 is 0 Å².